The number of aromatic nitrogens is 1. The third-order valence-corrected chi connectivity index (χ3v) is 4.47. The summed E-state index contributed by atoms with van der Waals surface area (Å²) in [5.41, 5.74) is 5.66. The number of benzene rings is 2. The van der Waals surface area contributed by atoms with Gasteiger partial charge in [0.1, 0.15) is 5.75 Å². The highest BCUT2D eigenvalue weighted by Crippen LogP contribution is 2.26. The second kappa shape index (κ2) is 7.01. The summed E-state index contributed by atoms with van der Waals surface area (Å²) in [6.45, 7) is 5.47. The van der Waals surface area contributed by atoms with Crippen molar-refractivity contribution in [3.63, 3.8) is 0 Å². The van der Waals surface area contributed by atoms with Crippen molar-refractivity contribution in [3.8, 4) is 5.75 Å². The van der Waals surface area contributed by atoms with Gasteiger partial charge in [-0.05, 0) is 38.0 Å². The molecule has 0 saturated carbocycles. The Morgan fingerprint density at radius 3 is 2.35 bits per heavy atom. The van der Waals surface area contributed by atoms with Gasteiger partial charge in [0.25, 0.3) is 11.8 Å². The number of hydrogen-bond donors (Lipinski definition) is 2. The molecule has 0 aliphatic rings. The van der Waals surface area contributed by atoms with Gasteiger partial charge in [-0.25, -0.2) is 5.84 Å². The zero-order valence-electron chi connectivity index (χ0n) is 15.0. The van der Waals surface area contributed by atoms with Gasteiger partial charge in [-0.3, -0.25) is 19.6 Å². The maximum Gasteiger partial charge on any atom is 0.269 e. The minimum absolute atomic E-state index is 0.130. The summed E-state index contributed by atoms with van der Waals surface area (Å²) >= 11 is 0. The lowest BCUT2D eigenvalue weighted by Gasteiger charge is -2.13. The van der Waals surface area contributed by atoms with Crippen molar-refractivity contribution in [1.29, 1.82) is 0 Å². The quantitative estimate of drug-likeness (QED) is 0.430. The van der Waals surface area contributed by atoms with Gasteiger partial charge in [-0.2, -0.15) is 0 Å². The van der Waals surface area contributed by atoms with Crippen molar-refractivity contribution < 1.29 is 14.3 Å². The first-order chi connectivity index (χ1) is 12.5. The number of nitrogen functional groups attached to an aromatic ring is 1. The molecule has 0 saturated heterocycles. The monoisotopic (exact) mass is 351 g/mol. The van der Waals surface area contributed by atoms with Gasteiger partial charge in [0, 0.05) is 11.1 Å². The molecule has 1 heterocycles. The molecule has 0 spiro atoms. The van der Waals surface area contributed by atoms with Crippen molar-refractivity contribution in [3.05, 3.63) is 64.8 Å². The van der Waals surface area contributed by atoms with Gasteiger partial charge in [-0.15, -0.1) is 0 Å². The summed E-state index contributed by atoms with van der Waals surface area (Å²) in [5.74, 6) is 5.32. The number of amides is 1. The Morgan fingerprint density at radius 1 is 1.04 bits per heavy atom. The van der Waals surface area contributed by atoms with E-state index in [1.54, 1.807) is 19.1 Å². The Labute approximate surface area is 151 Å². The normalized spacial score (nSPS) is 10.8. The van der Waals surface area contributed by atoms with Crippen LogP contribution in [-0.4, -0.2) is 23.0 Å². The van der Waals surface area contributed by atoms with Gasteiger partial charge in [0.05, 0.1) is 11.1 Å². The zero-order chi connectivity index (χ0) is 18.8. The summed E-state index contributed by atoms with van der Waals surface area (Å²) in [6.07, 6.45) is 0. The van der Waals surface area contributed by atoms with Crippen LogP contribution in [0.25, 0.3) is 10.9 Å². The molecule has 3 N–H and O–H groups in total. The molecule has 3 rings (SSSR count). The van der Waals surface area contributed by atoms with Crippen LogP contribution in [0.2, 0.25) is 0 Å². The number of carbonyl (C=O) groups is 2. The topological polar surface area (TPSA) is 86.3 Å². The van der Waals surface area contributed by atoms with Crippen LogP contribution in [-0.2, 0) is 0 Å². The average molecular weight is 351 g/mol. The largest absolute Gasteiger partial charge is 0.483 e. The van der Waals surface area contributed by atoms with E-state index in [2.05, 4.69) is 5.43 Å². The Kier molecular flexibility index (Phi) is 4.77. The molecule has 0 bridgehead atoms. The van der Waals surface area contributed by atoms with E-state index in [0.29, 0.717) is 27.9 Å². The second-order valence-corrected chi connectivity index (χ2v) is 6.19. The van der Waals surface area contributed by atoms with Crippen molar-refractivity contribution in [2.45, 2.75) is 20.8 Å². The molecule has 0 aliphatic carbocycles. The summed E-state index contributed by atoms with van der Waals surface area (Å²) in [7, 11) is 0. The van der Waals surface area contributed by atoms with Crippen LogP contribution in [0.15, 0.2) is 42.5 Å². The fraction of sp³-hybridized carbons (Fsp3) is 0.200. The first-order valence-electron chi connectivity index (χ1n) is 8.29. The van der Waals surface area contributed by atoms with Crippen molar-refractivity contribution >= 4 is 22.7 Å². The van der Waals surface area contributed by atoms with E-state index in [-0.39, 0.29) is 12.5 Å². The van der Waals surface area contributed by atoms with Gasteiger partial charge in [0.15, 0.2) is 6.61 Å². The first kappa shape index (κ1) is 17.7. The van der Waals surface area contributed by atoms with E-state index in [1.165, 1.54) is 4.57 Å². The van der Waals surface area contributed by atoms with E-state index in [4.69, 9.17) is 10.6 Å². The Bertz CT molecular complexity index is 985. The van der Waals surface area contributed by atoms with Crippen LogP contribution in [0.1, 0.15) is 32.0 Å². The van der Waals surface area contributed by atoms with E-state index in [0.717, 1.165) is 11.1 Å². The number of fused-ring (bicyclic) bond motifs is 1. The summed E-state index contributed by atoms with van der Waals surface area (Å²) in [4.78, 5) is 25.0. The molecule has 26 heavy (non-hydrogen) atoms. The van der Waals surface area contributed by atoms with Crippen LogP contribution in [0.5, 0.6) is 5.75 Å². The molecule has 6 heteroatoms. The Balaban J connectivity index is 1.99. The predicted molar refractivity (Wildman–Crippen MR) is 100 cm³/mol. The third-order valence-electron chi connectivity index (χ3n) is 4.47. The lowest BCUT2D eigenvalue weighted by Crippen LogP contribution is -2.30. The van der Waals surface area contributed by atoms with Crippen LogP contribution in [0, 0.1) is 20.8 Å². The number of hydrazine groups is 1. The van der Waals surface area contributed by atoms with Gasteiger partial charge >= 0.3 is 0 Å². The number of para-hydroxylation sites is 2. The third kappa shape index (κ3) is 2.95. The molecule has 6 nitrogen and oxygen atoms in total. The highest BCUT2D eigenvalue weighted by atomic mass is 16.5. The standard InChI is InChI=1S/C20H21N3O3/c1-12-7-6-8-13(2)19(12)26-11-17(24)23-14(3)18(20(25)22-21)15-9-4-5-10-16(15)23/h4-10H,11,21H2,1-3H3,(H,22,25). The van der Waals surface area contributed by atoms with Gasteiger partial charge in [-0.1, -0.05) is 36.4 Å². The molecule has 0 unspecified atom stereocenters. The van der Waals surface area contributed by atoms with Crippen LogP contribution in [0.4, 0.5) is 0 Å². The number of carbonyl (C=O) groups excluding carboxylic acids is 2. The molecule has 0 fully saturated rings. The summed E-state index contributed by atoms with van der Waals surface area (Å²) < 4.78 is 7.30. The summed E-state index contributed by atoms with van der Waals surface area (Å²) in [6, 6.07) is 13.1. The molecular formula is C20H21N3O3. The van der Waals surface area contributed by atoms with Crippen molar-refractivity contribution in [1.82, 2.24) is 9.99 Å². The Hall–Kier alpha value is -3.12. The molecule has 0 aliphatic heterocycles. The number of nitrogens with one attached hydrogen (secondary N) is 1. The lowest BCUT2D eigenvalue weighted by atomic mass is 10.1. The minimum Gasteiger partial charge on any atom is -0.483 e. The molecule has 1 amide bonds. The van der Waals surface area contributed by atoms with Crippen LogP contribution in [0.3, 0.4) is 0 Å². The highest BCUT2D eigenvalue weighted by Gasteiger charge is 2.22. The molecule has 0 atom stereocenters. The molecule has 1 aromatic heterocycles. The van der Waals surface area contributed by atoms with Crippen molar-refractivity contribution in [2.24, 2.45) is 5.84 Å². The van der Waals surface area contributed by atoms with E-state index >= 15 is 0 Å². The Morgan fingerprint density at radius 2 is 1.69 bits per heavy atom. The van der Waals surface area contributed by atoms with Crippen LogP contribution < -0.4 is 16.0 Å². The number of rotatable bonds is 4. The predicted octanol–water partition coefficient (Wildman–Crippen LogP) is 2.89. The number of aryl methyl sites for hydroxylation is 2. The number of hydrogen-bond acceptors (Lipinski definition) is 4. The number of nitrogens with two attached hydrogens (primary N) is 1. The number of nitrogens with zero attached hydrogens (tertiary/aromatic N) is 1. The number of ether oxygens (including phenoxy) is 1. The maximum absolute atomic E-state index is 12.9. The van der Waals surface area contributed by atoms with E-state index in [9.17, 15) is 9.59 Å². The fourth-order valence-electron chi connectivity index (χ4n) is 3.27. The first-order valence-corrected chi connectivity index (χ1v) is 8.29. The van der Waals surface area contributed by atoms with E-state index < -0.39 is 5.91 Å². The average Bonchev–Trinajstić information content (AvgIpc) is 2.92. The lowest BCUT2D eigenvalue weighted by molar-refractivity contribution is 0.0840. The van der Waals surface area contributed by atoms with Gasteiger partial charge in [0.2, 0.25) is 0 Å². The SMILES string of the molecule is Cc1cccc(C)c1OCC(=O)n1c(C)c(C(=O)NN)c2ccccc21. The smallest absolute Gasteiger partial charge is 0.269 e. The molecule has 2 aromatic carbocycles. The fourth-order valence-corrected chi connectivity index (χ4v) is 3.27. The van der Waals surface area contributed by atoms with Crippen LogP contribution >= 0.6 is 0 Å². The molecule has 0 radical (unpaired) electrons. The minimum atomic E-state index is -0.430. The maximum atomic E-state index is 12.9. The molecule has 134 valence electrons. The molecular weight excluding hydrogens is 330 g/mol. The molecule has 3 aromatic rings. The van der Waals surface area contributed by atoms with Gasteiger partial charge < -0.3 is 4.74 Å². The van der Waals surface area contributed by atoms with E-state index in [1.807, 2.05) is 44.2 Å². The highest BCUT2D eigenvalue weighted by molar-refractivity contribution is 6.10. The summed E-state index contributed by atoms with van der Waals surface area (Å²) in [5, 5.41) is 0.674. The second-order valence-electron chi connectivity index (χ2n) is 6.19. The van der Waals surface area contributed by atoms with Crippen molar-refractivity contribution in [2.75, 3.05) is 6.61 Å². The zero-order valence-corrected chi connectivity index (χ0v) is 15.0.